The monoisotopic (exact) mass is 261 g/mol. The van der Waals surface area contributed by atoms with Crippen molar-refractivity contribution < 1.29 is 22.0 Å². The molecule has 1 rings (SSSR count). The van der Waals surface area contributed by atoms with Crippen molar-refractivity contribution in [3.05, 3.63) is 34.9 Å². The zero-order chi connectivity index (χ0) is 11.8. The highest BCUT2D eigenvalue weighted by molar-refractivity contribution is 5.85. The number of nitrogens with two attached hydrogens (primary N) is 1. The minimum atomic E-state index is -4.87. The van der Waals surface area contributed by atoms with E-state index >= 15 is 0 Å². The Kier molecular flexibility index (Phi) is 4.69. The van der Waals surface area contributed by atoms with Crippen molar-refractivity contribution >= 4 is 12.4 Å². The fraction of sp³-hybridized carbons (Fsp3) is 0.333. The van der Waals surface area contributed by atoms with E-state index in [1.165, 1.54) is 6.92 Å². The van der Waals surface area contributed by atoms with Gasteiger partial charge in [0.1, 0.15) is 17.7 Å². The summed E-state index contributed by atoms with van der Waals surface area (Å²) in [6.07, 6.45) is -4.87. The molecule has 1 aromatic rings. The van der Waals surface area contributed by atoms with Gasteiger partial charge in [-0.15, -0.1) is 12.4 Å². The van der Waals surface area contributed by atoms with E-state index in [4.69, 9.17) is 5.73 Å². The van der Waals surface area contributed by atoms with E-state index in [0.29, 0.717) is 0 Å². The van der Waals surface area contributed by atoms with Crippen molar-refractivity contribution in [2.45, 2.75) is 19.1 Å². The van der Waals surface area contributed by atoms with Gasteiger partial charge in [0, 0.05) is 5.56 Å². The van der Waals surface area contributed by atoms with E-state index in [2.05, 4.69) is 0 Å². The number of aryl methyl sites for hydroxylation is 1. The summed E-state index contributed by atoms with van der Waals surface area (Å²) in [6.45, 7) is 1.24. The largest absolute Gasteiger partial charge is 0.407 e. The van der Waals surface area contributed by atoms with Crippen LogP contribution < -0.4 is 5.73 Å². The van der Waals surface area contributed by atoms with Crippen LogP contribution in [0.25, 0.3) is 0 Å². The van der Waals surface area contributed by atoms with Gasteiger partial charge in [0.15, 0.2) is 0 Å². The Morgan fingerprint density at radius 2 is 1.69 bits per heavy atom. The van der Waals surface area contributed by atoms with Crippen LogP contribution in [0.2, 0.25) is 0 Å². The Morgan fingerprint density at radius 1 is 1.19 bits per heavy atom. The molecule has 0 aliphatic carbocycles. The van der Waals surface area contributed by atoms with Crippen LogP contribution in [0.1, 0.15) is 17.2 Å². The predicted molar refractivity (Wildman–Crippen MR) is 51.3 cm³/mol. The first-order valence-corrected chi connectivity index (χ1v) is 4.02. The van der Waals surface area contributed by atoms with Crippen molar-refractivity contribution in [1.82, 2.24) is 0 Å². The first-order valence-electron chi connectivity index (χ1n) is 4.02. The zero-order valence-electron chi connectivity index (χ0n) is 8.11. The molecule has 0 unspecified atom stereocenters. The van der Waals surface area contributed by atoms with Crippen LogP contribution in [0.3, 0.4) is 0 Å². The van der Waals surface area contributed by atoms with Crippen LogP contribution in [0, 0.1) is 18.6 Å². The Bertz CT molecular complexity index is 377. The number of rotatable bonds is 1. The van der Waals surface area contributed by atoms with Gasteiger partial charge >= 0.3 is 6.18 Å². The van der Waals surface area contributed by atoms with Crippen molar-refractivity contribution in [2.75, 3.05) is 0 Å². The zero-order valence-corrected chi connectivity index (χ0v) is 8.92. The molecule has 0 fully saturated rings. The fourth-order valence-electron chi connectivity index (χ4n) is 1.13. The Morgan fingerprint density at radius 3 is 2.12 bits per heavy atom. The number of benzene rings is 1. The minimum Gasteiger partial charge on any atom is -0.316 e. The Hall–Kier alpha value is -0.880. The fourth-order valence-corrected chi connectivity index (χ4v) is 1.13. The molecule has 0 radical (unpaired) electrons. The van der Waals surface area contributed by atoms with Gasteiger partial charge in [-0.05, 0) is 18.6 Å². The van der Waals surface area contributed by atoms with Crippen LogP contribution in [0.15, 0.2) is 12.1 Å². The van der Waals surface area contributed by atoms with Gasteiger partial charge in [0.05, 0.1) is 0 Å². The van der Waals surface area contributed by atoms with Gasteiger partial charge in [-0.2, -0.15) is 13.2 Å². The highest BCUT2D eigenvalue weighted by atomic mass is 35.5. The lowest BCUT2D eigenvalue weighted by atomic mass is 10.0. The summed E-state index contributed by atoms with van der Waals surface area (Å²) in [7, 11) is 0. The van der Waals surface area contributed by atoms with Crippen molar-refractivity contribution in [1.29, 1.82) is 0 Å². The summed E-state index contributed by atoms with van der Waals surface area (Å²) in [5, 5.41) is 0. The summed E-state index contributed by atoms with van der Waals surface area (Å²) in [5.74, 6) is -2.54. The molecule has 1 atom stereocenters. The van der Waals surface area contributed by atoms with Crippen LogP contribution in [-0.4, -0.2) is 6.18 Å². The molecule has 0 aliphatic heterocycles. The summed E-state index contributed by atoms with van der Waals surface area (Å²) in [4.78, 5) is 0. The van der Waals surface area contributed by atoms with E-state index < -0.39 is 29.4 Å². The lowest BCUT2D eigenvalue weighted by Gasteiger charge is -2.17. The first kappa shape index (κ1) is 15.1. The van der Waals surface area contributed by atoms with Gasteiger partial charge in [-0.25, -0.2) is 8.78 Å². The van der Waals surface area contributed by atoms with E-state index in [-0.39, 0.29) is 18.0 Å². The van der Waals surface area contributed by atoms with E-state index in [0.717, 1.165) is 12.1 Å². The number of halogens is 6. The number of hydrogen-bond acceptors (Lipinski definition) is 1. The molecule has 0 spiro atoms. The van der Waals surface area contributed by atoms with Crippen LogP contribution in [0.5, 0.6) is 0 Å². The molecule has 2 N–H and O–H groups in total. The lowest BCUT2D eigenvalue weighted by Crippen LogP contribution is -2.30. The summed E-state index contributed by atoms with van der Waals surface area (Å²) in [5.41, 5.74) is 3.52. The average Bonchev–Trinajstić information content (AvgIpc) is 2.10. The molecule has 92 valence electrons. The molecule has 0 heterocycles. The van der Waals surface area contributed by atoms with Gasteiger partial charge in [0.2, 0.25) is 0 Å². The average molecular weight is 262 g/mol. The molecule has 1 nitrogen and oxygen atoms in total. The molecule has 0 bridgehead atoms. The van der Waals surface area contributed by atoms with E-state index in [1.807, 2.05) is 0 Å². The molecule has 0 saturated carbocycles. The second-order valence-electron chi connectivity index (χ2n) is 3.11. The third-order valence-corrected chi connectivity index (χ3v) is 1.98. The van der Waals surface area contributed by atoms with Crippen LogP contribution in [-0.2, 0) is 0 Å². The third kappa shape index (κ3) is 2.82. The highest BCUT2D eigenvalue weighted by Crippen LogP contribution is 2.33. The standard InChI is InChI=1S/C9H8F5N.ClH/c1-4-2-3-5(10)6(7(4)11)8(15)9(12,13)14;/h2-3,8H,15H2,1H3;1H/t8-;/m1./s1. The van der Waals surface area contributed by atoms with Gasteiger partial charge in [-0.1, -0.05) is 6.07 Å². The van der Waals surface area contributed by atoms with Crippen molar-refractivity contribution in [3.63, 3.8) is 0 Å². The molecule has 0 amide bonds. The van der Waals surface area contributed by atoms with Gasteiger partial charge in [0.25, 0.3) is 0 Å². The summed E-state index contributed by atoms with van der Waals surface area (Å²) >= 11 is 0. The first-order chi connectivity index (χ1) is 6.75. The smallest absolute Gasteiger partial charge is 0.316 e. The molecular formula is C9H9ClF5N. The predicted octanol–water partition coefficient (Wildman–Crippen LogP) is 3.26. The third-order valence-electron chi connectivity index (χ3n) is 1.98. The molecule has 7 heteroatoms. The number of alkyl halides is 3. The normalized spacial score (nSPS) is 13.2. The van der Waals surface area contributed by atoms with Crippen molar-refractivity contribution in [2.24, 2.45) is 5.73 Å². The Balaban J connectivity index is 0.00000225. The minimum absolute atomic E-state index is 0. The van der Waals surface area contributed by atoms with Gasteiger partial charge < -0.3 is 5.73 Å². The summed E-state index contributed by atoms with van der Waals surface area (Å²) < 4.78 is 62.7. The lowest BCUT2D eigenvalue weighted by molar-refractivity contribution is -0.150. The number of hydrogen-bond donors (Lipinski definition) is 1. The molecule has 16 heavy (non-hydrogen) atoms. The molecule has 1 aromatic carbocycles. The van der Waals surface area contributed by atoms with Crippen molar-refractivity contribution in [3.8, 4) is 0 Å². The van der Waals surface area contributed by atoms with E-state index in [9.17, 15) is 22.0 Å². The maximum absolute atomic E-state index is 13.2. The SMILES string of the molecule is Cc1ccc(F)c([C@@H](N)C(F)(F)F)c1F.Cl. The topological polar surface area (TPSA) is 26.0 Å². The second-order valence-corrected chi connectivity index (χ2v) is 3.11. The molecular weight excluding hydrogens is 253 g/mol. The summed E-state index contributed by atoms with van der Waals surface area (Å²) in [6, 6.07) is -0.825. The molecule has 0 aliphatic rings. The van der Waals surface area contributed by atoms with E-state index in [1.54, 1.807) is 0 Å². The highest BCUT2D eigenvalue weighted by Gasteiger charge is 2.41. The maximum atomic E-state index is 13.2. The molecule has 0 saturated heterocycles. The maximum Gasteiger partial charge on any atom is 0.407 e. The second kappa shape index (κ2) is 4.97. The quantitative estimate of drug-likeness (QED) is 0.772. The van der Waals surface area contributed by atoms with Gasteiger partial charge in [-0.3, -0.25) is 0 Å². The van der Waals surface area contributed by atoms with Crippen LogP contribution in [0.4, 0.5) is 22.0 Å². The van der Waals surface area contributed by atoms with Crippen LogP contribution >= 0.6 is 12.4 Å². The Labute approximate surface area is 94.8 Å². The molecule has 0 aromatic heterocycles.